The molecule has 102 valence electrons. The highest BCUT2D eigenvalue weighted by Gasteiger charge is 2.28. The van der Waals surface area contributed by atoms with Crippen LogP contribution in [-0.4, -0.2) is 35.5 Å². The molecule has 0 bridgehead atoms. The summed E-state index contributed by atoms with van der Waals surface area (Å²) in [5.74, 6) is 0.595. The predicted octanol–water partition coefficient (Wildman–Crippen LogP) is 1.59. The molecular weight excluding hydrogens is 240 g/mol. The van der Waals surface area contributed by atoms with E-state index < -0.39 is 0 Å². The highest BCUT2D eigenvalue weighted by Crippen LogP contribution is 2.34. The summed E-state index contributed by atoms with van der Waals surface area (Å²) in [6, 6.07) is 6.39. The van der Waals surface area contributed by atoms with Gasteiger partial charge in [-0.3, -0.25) is 4.79 Å². The summed E-state index contributed by atoms with van der Waals surface area (Å²) in [6.45, 7) is 0.794. The predicted molar refractivity (Wildman–Crippen MR) is 73.0 cm³/mol. The molecule has 1 saturated heterocycles. The number of amides is 1. The summed E-state index contributed by atoms with van der Waals surface area (Å²) < 4.78 is 0. The Hall–Kier alpha value is -1.55. The fourth-order valence-corrected chi connectivity index (χ4v) is 3.21. The van der Waals surface area contributed by atoms with E-state index in [-0.39, 0.29) is 5.91 Å². The van der Waals surface area contributed by atoms with Crippen molar-refractivity contribution in [2.75, 3.05) is 13.6 Å². The van der Waals surface area contributed by atoms with Gasteiger partial charge in [-0.1, -0.05) is 6.07 Å². The molecule has 2 aliphatic rings. The van der Waals surface area contributed by atoms with E-state index in [2.05, 4.69) is 5.32 Å². The van der Waals surface area contributed by atoms with Crippen LogP contribution in [0.1, 0.15) is 36.4 Å². The molecule has 1 fully saturated rings. The van der Waals surface area contributed by atoms with Gasteiger partial charge < -0.3 is 15.3 Å². The highest BCUT2D eigenvalue weighted by molar-refractivity contribution is 5.76. The van der Waals surface area contributed by atoms with E-state index in [0.717, 1.165) is 25.8 Å². The molecule has 2 N–H and O–H groups in total. The second kappa shape index (κ2) is 4.85. The Morgan fingerprint density at radius 2 is 2.16 bits per heavy atom. The van der Waals surface area contributed by atoms with Crippen LogP contribution in [0.5, 0.6) is 5.75 Å². The second-order valence-corrected chi connectivity index (χ2v) is 5.65. The van der Waals surface area contributed by atoms with E-state index in [1.165, 1.54) is 11.1 Å². The maximum absolute atomic E-state index is 11.5. The lowest BCUT2D eigenvalue weighted by Gasteiger charge is -2.32. The standard InChI is InChI=1S/C15H20N2O2/c1-17-9-11(3-7-15(17)19)16-14-6-2-10-8-12(18)4-5-13(10)14/h4-5,8,11,14,16,18H,2-3,6-7,9H2,1H3. The van der Waals surface area contributed by atoms with E-state index in [9.17, 15) is 9.90 Å². The first-order chi connectivity index (χ1) is 9.13. The number of carbonyl (C=O) groups is 1. The Bertz CT molecular complexity index is 501. The third-order valence-electron chi connectivity index (χ3n) is 4.27. The summed E-state index contributed by atoms with van der Waals surface area (Å²) >= 11 is 0. The number of fused-ring (bicyclic) bond motifs is 1. The van der Waals surface area contributed by atoms with Crippen molar-refractivity contribution in [2.45, 2.75) is 37.8 Å². The number of aryl methyl sites for hydroxylation is 1. The van der Waals surface area contributed by atoms with E-state index in [1.807, 2.05) is 24.1 Å². The van der Waals surface area contributed by atoms with Gasteiger partial charge in [0.25, 0.3) is 0 Å². The van der Waals surface area contributed by atoms with E-state index in [0.29, 0.717) is 24.3 Å². The van der Waals surface area contributed by atoms with Crippen molar-refractivity contribution in [3.63, 3.8) is 0 Å². The van der Waals surface area contributed by atoms with Gasteiger partial charge in [-0.15, -0.1) is 0 Å². The lowest BCUT2D eigenvalue weighted by Crippen LogP contribution is -2.47. The van der Waals surface area contributed by atoms with Gasteiger partial charge in [-0.25, -0.2) is 0 Å². The van der Waals surface area contributed by atoms with Crippen LogP contribution in [0.2, 0.25) is 0 Å². The molecule has 19 heavy (non-hydrogen) atoms. The molecule has 4 heteroatoms. The lowest BCUT2D eigenvalue weighted by atomic mass is 10.0. The van der Waals surface area contributed by atoms with E-state index in [1.54, 1.807) is 6.07 Å². The monoisotopic (exact) mass is 260 g/mol. The van der Waals surface area contributed by atoms with Gasteiger partial charge in [-0.05, 0) is 42.5 Å². The molecule has 1 aromatic rings. The first kappa shape index (κ1) is 12.5. The SMILES string of the molecule is CN1CC(NC2CCc3cc(O)ccc32)CCC1=O. The number of likely N-dealkylation sites (N-methyl/N-ethyl adjacent to an activating group) is 1. The van der Waals surface area contributed by atoms with Crippen LogP contribution in [-0.2, 0) is 11.2 Å². The van der Waals surface area contributed by atoms with Gasteiger partial charge >= 0.3 is 0 Å². The minimum atomic E-state index is 0.245. The number of benzene rings is 1. The number of hydrogen-bond acceptors (Lipinski definition) is 3. The summed E-state index contributed by atoms with van der Waals surface area (Å²) in [5, 5.41) is 13.2. The number of rotatable bonds is 2. The van der Waals surface area contributed by atoms with E-state index in [4.69, 9.17) is 0 Å². The van der Waals surface area contributed by atoms with Crippen LogP contribution in [0.25, 0.3) is 0 Å². The minimum Gasteiger partial charge on any atom is -0.508 e. The third-order valence-corrected chi connectivity index (χ3v) is 4.27. The fourth-order valence-electron chi connectivity index (χ4n) is 3.21. The smallest absolute Gasteiger partial charge is 0.222 e. The van der Waals surface area contributed by atoms with Gasteiger partial charge in [0.1, 0.15) is 5.75 Å². The number of carbonyl (C=O) groups excluding carboxylic acids is 1. The fraction of sp³-hybridized carbons (Fsp3) is 0.533. The summed E-state index contributed by atoms with van der Waals surface area (Å²) in [7, 11) is 1.87. The normalized spacial score (nSPS) is 26.6. The number of piperidine rings is 1. The van der Waals surface area contributed by atoms with Crippen molar-refractivity contribution in [1.82, 2.24) is 10.2 Å². The van der Waals surface area contributed by atoms with Crippen molar-refractivity contribution < 1.29 is 9.90 Å². The number of likely N-dealkylation sites (tertiary alicyclic amines) is 1. The molecular formula is C15H20N2O2. The third kappa shape index (κ3) is 2.45. The average Bonchev–Trinajstić information content (AvgIpc) is 2.76. The van der Waals surface area contributed by atoms with Gasteiger partial charge in [0, 0.05) is 32.1 Å². The molecule has 0 radical (unpaired) electrons. The maximum Gasteiger partial charge on any atom is 0.222 e. The Morgan fingerprint density at radius 3 is 2.95 bits per heavy atom. The number of phenolic OH excluding ortho intramolecular Hbond substituents is 1. The molecule has 1 amide bonds. The largest absolute Gasteiger partial charge is 0.508 e. The lowest BCUT2D eigenvalue weighted by molar-refractivity contribution is -0.132. The summed E-state index contributed by atoms with van der Waals surface area (Å²) in [6.07, 6.45) is 3.66. The number of phenols is 1. The van der Waals surface area contributed by atoms with Crippen molar-refractivity contribution in [3.8, 4) is 5.75 Å². The van der Waals surface area contributed by atoms with Crippen molar-refractivity contribution in [2.24, 2.45) is 0 Å². The number of nitrogens with zero attached hydrogens (tertiary/aromatic N) is 1. The minimum absolute atomic E-state index is 0.245. The maximum atomic E-state index is 11.5. The quantitative estimate of drug-likeness (QED) is 0.849. The number of aromatic hydroxyl groups is 1. The van der Waals surface area contributed by atoms with Crippen molar-refractivity contribution in [1.29, 1.82) is 0 Å². The zero-order chi connectivity index (χ0) is 13.4. The van der Waals surface area contributed by atoms with Gasteiger partial charge in [0.2, 0.25) is 5.91 Å². The molecule has 1 aliphatic heterocycles. The van der Waals surface area contributed by atoms with Crippen LogP contribution >= 0.6 is 0 Å². The molecule has 2 atom stereocenters. The van der Waals surface area contributed by atoms with Gasteiger partial charge in [-0.2, -0.15) is 0 Å². The molecule has 1 aliphatic carbocycles. The number of hydrogen-bond donors (Lipinski definition) is 2. The van der Waals surface area contributed by atoms with Crippen LogP contribution in [0.4, 0.5) is 0 Å². The zero-order valence-corrected chi connectivity index (χ0v) is 11.2. The first-order valence-corrected chi connectivity index (χ1v) is 6.95. The molecule has 0 aromatic heterocycles. The van der Waals surface area contributed by atoms with Crippen LogP contribution in [0, 0.1) is 0 Å². The van der Waals surface area contributed by atoms with E-state index >= 15 is 0 Å². The van der Waals surface area contributed by atoms with Gasteiger partial charge in [0.15, 0.2) is 0 Å². The molecule has 1 heterocycles. The summed E-state index contributed by atoms with van der Waals surface area (Å²) in [5.41, 5.74) is 2.55. The second-order valence-electron chi connectivity index (χ2n) is 5.65. The Balaban J connectivity index is 1.68. The Kier molecular flexibility index (Phi) is 3.19. The molecule has 1 aromatic carbocycles. The molecule has 0 saturated carbocycles. The molecule has 3 rings (SSSR count). The topological polar surface area (TPSA) is 52.6 Å². The highest BCUT2D eigenvalue weighted by atomic mass is 16.3. The average molecular weight is 260 g/mol. The Labute approximate surface area is 113 Å². The van der Waals surface area contributed by atoms with Crippen LogP contribution in [0.15, 0.2) is 18.2 Å². The zero-order valence-electron chi connectivity index (χ0n) is 11.2. The van der Waals surface area contributed by atoms with Crippen LogP contribution in [0.3, 0.4) is 0 Å². The first-order valence-electron chi connectivity index (χ1n) is 6.95. The summed E-state index contributed by atoms with van der Waals surface area (Å²) in [4.78, 5) is 13.3. The molecule has 0 spiro atoms. The van der Waals surface area contributed by atoms with Crippen molar-refractivity contribution in [3.05, 3.63) is 29.3 Å². The molecule has 2 unspecified atom stereocenters. The Morgan fingerprint density at radius 1 is 1.32 bits per heavy atom. The van der Waals surface area contributed by atoms with Crippen molar-refractivity contribution >= 4 is 5.91 Å². The van der Waals surface area contributed by atoms with Gasteiger partial charge in [0.05, 0.1) is 0 Å². The molecule has 4 nitrogen and oxygen atoms in total. The van der Waals surface area contributed by atoms with Crippen LogP contribution < -0.4 is 5.32 Å². The number of nitrogens with one attached hydrogen (secondary N) is 1.